The molecule has 0 aliphatic heterocycles. The lowest BCUT2D eigenvalue weighted by Gasteiger charge is -2.18. The van der Waals surface area contributed by atoms with Gasteiger partial charge in [0.25, 0.3) is 0 Å². The van der Waals surface area contributed by atoms with Crippen LogP contribution in [0.2, 0.25) is 0 Å². The highest BCUT2D eigenvalue weighted by Crippen LogP contribution is 2.40. The van der Waals surface area contributed by atoms with Gasteiger partial charge in [-0.1, -0.05) is 6.92 Å². The molecule has 0 radical (unpaired) electrons. The minimum Gasteiger partial charge on any atom is -0.465 e. The largest absolute Gasteiger partial charge is 0.465 e. The summed E-state index contributed by atoms with van der Waals surface area (Å²) in [7, 11) is 3.28. The number of carbonyl (C=O) groups is 2. The fourth-order valence-corrected chi connectivity index (χ4v) is 5.01. The maximum Gasteiger partial charge on any atom is 0.341 e. The summed E-state index contributed by atoms with van der Waals surface area (Å²) in [5.74, 6) is 0.0836. The second kappa shape index (κ2) is 8.87. The smallest absolute Gasteiger partial charge is 0.341 e. The number of fused-ring (bicyclic) bond motifs is 1. The highest BCUT2D eigenvalue weighted by atomic mass is 32.1. The molecule has 2 aromatic heterocycles. The Hall–Kier alpha value is -2.19. The number of nitrogens with zero attached hydrogens (tertiary/aromatic N) is 3. The van der Waals surface area contributed by atoms with Crippen LogP contribution in [0.4, 0.5) is 5.00 Å². The first-order chi connectivity index (χ1) is 13.4. The first kappa shape index (κ1) is 20.5. The normalized spacial score (nSPS) is 16.1. The molecule has 0 saturated heterocycles. The predicted molar refractivity (Wildman–Crippen MR) is 110 cm³/mol. The van der Waals surface area contributed by atoms with E-state index in [4.69, 9.17) is 4.74 Å². The molecular weight excluding hydrogens is 376 g/mol. The maximum atomic E-state index is 12.6. The molecule has 152 valence electrons. The van der Waals surface area contributed by atoms with E-state index in [2.05, 4.69) is 17.3 Å². The van der Waals surface area contributed by atoms with Gasteiger partial charge in [0.15, 0.2) is 0 Å². The SMILES string of the molecule is CCn1cc(CN(C)CC(=O)Nc2sc3c(c2C(=O)OC)CCC(C)C3)cn1. The van der Waals surface area contributed by atoms with Crippen LogP contribution >= 0.6 is 11.3 Å². The van der Waals surface area contributed by atoms with Crippen LogP contribution in [-0.2, 0) is 35.5 Å². The molecule has 2 aromatic rings. The Morgan fingerprint density at radius 1 is 1.46 bits per heavy atom. The van der Waals surface area contributed by atoms with Gasteiger partial charge in [-0.15, -0.1) is 11.3 Å². The second-order valence-electron chi connectivity index (χ2n) is 7.47. The molecule has 1 aliphatic rings. The van der Waals surface area contributed by atoms with Gasteiger partial charge in [0.05, 0.1) is 25.4 Å². The Kier molecular flexibility index (Phi) is 6.51. The number of rotatable bonds is 7. The minimum absolute atomic E-state index is 0.137. The van der Waals surface area contributed by atoms with Gasteiger partial charge in [0.2, 0.25) is 5.91 Å². The van der Waals surface area contributed by atoms with Crippen LogP contribution in [0, 0.1) is 5.92 Å². The van der Waals surface area contributed by atoms with E-state index in [1.165, 1.54) is 23.3 Å². The standard InChI is InChI=1S/C20H28N4O3S/c1-5-24-11-14(9-21-24)10-23(3)12-17(25)22-19-18(20(26)27-4)15-7-6-13(2)8-16(15)28-19/h9,11,13H,5-8,10,12H2,1-4H3,(H,22,25). The molecule has 7 nitrogen and oxygen atoms in total. The number of aromatic nitrogens is 2. The number of hydrogen-bond acceptors (Lipinski definition) is 6. The molecule has 3 rings (SSSR count). The average molecular weight is 405 g/mol. The third-order valence-electron chi connectivity index (χ3n) is 5.03. The second-order valence-corrected chi connectivity index (χ2v) is 8.58. The van der Waals surface area contributed by atoms with Crippen molar-refractivity contribution in [2.45, 2.75) is 46.2 Å². The summed E-state index contributed by atoms with van der Waals surface area (Å²) < 4.78 is 6.84. The number of esters is 1. The first-order valence-electron chi connectivity index (χ1n) is 9.63. The van der Waals surface area contributed by atoms with Crippen molar-refractivity contribution in [2.75, 3.05) is 26.0 Å². The number of thiophene rings is 1. The topological polar surface area (TPSA) is 76.5 Å². The number of likely N-dealkylation sites (N-methyl/N-ethyl adjacent to an activating group) is 1. The third kappa shape index (κ3) is 4.62. The Morgan fingerprint density at radius 3 is 2.93 bits per heavy atom. The van der Waals surface area contributed by atoms with E-state index < -0.39 is 0 Å². The summed E-state index contributed by atoms with van der Waals surface area (Å²) in [6, 6.07) is 0. The van der Waals surface area contributed by atoms with Gasteiger partial charge in [-0.05, 0) is 44.7 Å². The zero-order valence-corrected chi connectivity index (χ0v) is 17.8. The average Bonchev–Trinajstić information content (AvgIpc) is 3.24. The van der Waals surface area contributed by atoms with Crippen molar-refractivity contribution in [3.63, 3.8) is 0 Å². The number of methoxy groups -OCH3 is 1. The summed E-state index contributed by atoms with van der Waals surface area (Å²) in [6.07, 6.45) is 6.66. The number of nitrogens with one attached hydrogen (secondary N) is 1. The molecule has 1 unspecified atom stereocenters. The molecule has 1 amide bonds. The van der Waals surface area contributed by atoms with Crippen molar-refractivity contribution in [1.82, 2.24) is 14.7 Å². The summed E-state index contributed by atoms with van der Waals surface area (Å²) >= 11 is 1.51. The van der Waals surface area contributed by atoms with Crippen LogP contribution in [0.1, 0.15) is 46.6 Å². The van der Waals surface area contributed by atoms with Crippen LogP contribution in [0.15, 0.2) is 12.4 Å². The molecule has 8 heteroatoms. The van der Waals surface area contributed by atoms with Crippen LogP contribution in [-0.4, -0.2) is 47.3 Å². The van der Waals surface area contributed by atoms with Crippen molar-refractivity contribution in [2.24, 2.45) is 5.92 Å². The van der Waals surface area contributed by atoms with Gasteiger partial charge in [0, 0.05) is 29.7 Å². The number of aryl methyl sites for hydroxylation is 1. The maximum absolute atomic E-state index is 12.6. The van der Waals surface area contributed by atoms with Gasteiger partial charge in [0.1, 0.15) is 5.00 Å². The van der Waals surface area contributed by atoms with Gasteiger partial charge in [-0.25, -0.2) is 4.79 Å². The quantitative estimate of drug-likeness (QED) is 0.718. The van der Waals surface area contributed by atoms with Gasteiger partial charge in [-0.3, -0.25) is 14.4 Å². The van der Waals surface area contributed by atoms with Crippen LogP contribution < -0.4 is 5.32 Å². The fraction of sp³-hybridized carbons (Fsp3) is 0.550. The summed E-state index contributed by atoms with van der Waals surface area (Å²) in [5.41, 5.74) is 2.65. The Morgan fingerprint density at radius 2 is 2.25 bits per heavy atom. The molecule has 0 bridgehead atoms. The summed E-state index contributed by atoms with van der Waals surface area (Å²) in [6.45, 7) is 5.94. The van der Waals surface area contributed by atoms with Crippen LogP contribution in [0.25, 0.3) is 0 Å². The van der Waals surface area contributed by atoms with Gasteiger partial charge in [-0.2, -0.15) is 5.10 Å². The van der Waals surface area contributed by atoms with Crippen LogP contribution in [0.3, 0.4) is 0 Å². The summed E-state index contributed by atoms with van der Waals surface area (Å²) in [5, 5.41) is 7.82. The molecule has 2 heterocycles. The zero-order valence-electron chi connectivity index (χ0n) is 16.9. The molecule has 1 atom stereocenters. The highest BCUT2D eigenvalue weighted by molar-refractivity contribution is 7.17. The highest BCUT2D eigenvalue weighted by Gasteiger charge is 2.29. The molecule has 0 aromatic carbocycles. The summed E-state index contributed by atoms with van der Waals surface area (Å²) in [4.78, 5) is 28.1. The molecule has 0 spiro atoms. The van der Waals surface area contributed by atoms with Gasteiger partial charge >= 0.3 is 5.97 Å². The lowest BCUT2D eigenvalue weighted by Crippen LogP contribution is -2.30. The molecular formula is C20H28N4O3S. The van der Waals surface area contributed by atoms with Crippen molar-refractivity contribution < 1.29 is 14.3 Å². The Bertz CT molecular complexity index is 858. The predicted octanol–water partition coefficient (Wildman–Crippen LogP) is 2.95. The minimum atomic E-state index is -0.373. The Labute approximate surface area is 169 Å². The molecule has 1 aliphatic carbocycles. The zero-order chi connectivity index (χ0) is 20.3. The van der Waals surface area contributed by atoms with E-state index in [0.29, 0.717) is 23.0 Å². The van der Waals surface area contributed by atoms with Gasteiger partial charge < -0.3 is 10.1 Å². The number of amides is 1. The van der Waals surface area contributed by atoms with E-state index in [1.807, 2.05) is 35.9 Å². The van der Waals surface area contributed by atoms with Crippen LogP contribution in [0.5, 0.6) is 0 Å². The molecule has 1 N–H and O–H groups in total. The van der Waals surface area contributed by atoms with Crippen molar-refractivity contribution in [3.05, 3.63) is 34.0 Å². The third-order valence-corrected chi connectivity index (χ3v) is 6.20. The number of hydrogen-bond donors (Lipinski definition) is 1. The van der Waals surface area contributed by atoms with E-state index in [-0.39, 0.29) is 18.4 Å². The number of carbonyl (C=O) groups excluding carboxylic acids is 2. The van der Waals surface area contributed by atoms with Crippen molar-refractivity contribution >= 4 is 28.2 Å². The van der Waals surface area contributed by atoms with E-state index in [9.17, 15) is 9.59 Å². The number of anilines is 1. The van der Waals surface area contributed by atoms with Crippen molar-refractivity contribution in [3.8, 4) is 0 Å². The Balaban J connectivity index is 1.68. The first-order valence-corrected chi connectivity index (χ1v) is 10.5. The van der Waals surface area contributed by atoms with E-state index >= 15 is 0 Å². The molecule has 28 heavy (non-hydrogen) atoms. The molecule has 0 fully saturated rings. The van der Waals surface area contributed by atoms with E-state index in [1.54, 1.807) is 0 Å². The van der Waals surface area contributed by atoms with E-state index in [0.717, 1.165) is 36.9 Å². The number of ether oxygens (including phenoxy) is 1. The lowest BCUT2D eigenvalue weighted by atomic mass is 9.88. The lowest BCUT2D eigenvalue weighted by molar-refractivity contribution is -0.117. The monoisotopic (exact) mass is 404 g/mol. The molecule has 0 saturated carbocycles. The fourth-order valence-electron chi connectivity index (χ4n) is 3.60. The van der Waals surface area contributed by atoms with Crippen molar-refractivity contribution in [1.29, 1.82) is 0 Å².